The smallest absolute Gasteiger partial charge is 0.243 e. The van der Waals surface area contributed by atoms with Gasteiger partial charge in [0.15, 0.2) is 5.96 Å². The molecule has 3 fully saturated rings. The van der Waals surface area contributed by atoms with Gasteiger partial charge in [-0.05, 0) is 44.9 Å². The molecular weight excluding hydrogens is 499 g/mol. The topological polar surface area (TPSA) is 75.6 Å². The second kappa shape index (κ2) is 13.7. The van der Waals surface area contributed by atoms with Crippen LogP contribution in [0.4, 0.5) is 0 Å². The monoisotopic (exact) mass is 538 g/mol. The molecule has 0 aromatic carbocycles. The molecule has 174 valence electrons. The van der Waals surface area contributed by atoms with Gasteiger partial charge in [0.2, 0.25) is 5.91 Å². The van der Waals surface area contributed by atoms with E-state index in [1.807, 2.05) is 0 Å². The van der Waals surface area contributed by atoms with Gasteiger partial charge < -0.3 is 29.3 Å². The molecule has 3 heterocycles. The van der Waals surface area contributed by atoms with Crippen molar-refractivity contribution in [2.45, 2.75) is 63.3 Å². The number of aliphatic imine (C=N–C) groups is 1. The lowest BCUT2D eigenvalue weighted by molar-refractivity contribution is -0.127. The summed E-state index contributed by atoms with van der Waals surface area (Å²) < 4.78 is 17.6. The Morgan fingerprint density at radius 1 is 1.07 bits per heavy atom. The first kappa shape index (κ1) is 25.6. The minimum atomic E-state index is 0. The van der Waals surface area contributed by atoms with E-state index >= 15 is 0 Å². The van der Waals surface area contributed by atoms with Crippen molar-refractivity contribution < 1.29 is 19.0 Å². The van der Waals surface area contributed by atoms with Crippen LogP contribution in [0.15, 0.2) is 4.99 Å². The molecule has 30 heavy (non-hydrogen) atoms. The predicted molar refractivity (Wildman–Crippen MR) is 128 cm³/mol. The summed E-state index contributed by atoms with van der Waals surface area (Å²) in [7, 11) is 3.52. The van der Waals surface area contributed by atoms with Crippen molar-refractivity contribution >= 4 is 35.8 Å². The third-order valence-electron chi connectivity index (χ3n) is 5.91. The maximum atomic E-state index is 12.0. The number of hydrogen-bond acceptors (Lipinski definition) is 5. The average molecular weight is 538 g/mol. The number of likely N-dealkylation sites (tertiary alicyclic amines) is 1. The number of halogens is 1. The Kier molecular flexibility index (Phi) is 11.7. The van der Waals surface area contributed by atoms with Crippen LogP contribution in [0.5, 0.6) is 0 Å². The Labute approximate surface area is 198 Å². The van der Waals surface area contributed by atoms with Gasteiger partial charge in [-0.1, -0.05) is 0 Å². The number of carbonyl (C=O) groups is 1. The van der Waals surface area contributed by atoms with Crippen molar-refractivity contribution in [3.05, 3.63) is 0 Å². The molecule has 0 spiro atoms. The highest BCUT2D eigenvalue weighted by Crippen LogP contribution is 2.18. The fourth-order valence-corrected chi connectivity index (χ4v) is 3.98. The third-order valence-corrected chi connectivity index (χ3v) is 5.91. The van der Waals surface area contributed by atoms with Crippen LogP contribution in [0, 0.1) is 0 Å². The number of nitrogens with one attached hydrogen (secondary N) is 1. The summed E-state index contributed by atoms with van der Waals surface area (Å²) in [5.41, 5.74) is 0. The highest BCUT2D eigenvalue weighted by molar-refractivity contribution is 14.0. The van der Waals surface area contributed by atoms with Crippen molar-refractivity contribution in [3.63, 3.8) is 0 Å². The van der Waals surface area contributed by atoms with Crippen LogP contribution in [-0.2, 0) is 19.0 Å². The lowest BCUT2D eigenvalue weighted by Crippen LogP contribution is -2.49. The first-order valence-corrected chi connectivity index (χ1v) is 11.2. The summed E-state index contributed by atoms with van der Waals surface area (Å²) in [5.74, 6) is 0.819. The molecule has 1 N–H and O–H groups in total. The van der Waals surface area contributed by atoms with E-state index in [0.29, 0.717) is 6.61 Å². The molecule has 9 heteroatoms. The molecule has 0 aliphatic carbocycles. The molecule has 0 aromatic rings. The molecule has 3 saturated heterocycles. The minimum absolute atomic E-state index is 0. The standard InChI is InChI=1S/C21H38N4O4.HI/c1-24(2)20(26)15-23-21(22-14-18-6-3-4-12-27-18)25-10-8-17(9-11-25)29-16-19-7-5-13-28-19;/h17-19H,3-16H2,1-2H3,(H,22,23);1H. The van der Waals surface area contributed by atoms with Crippen LogP contribution < -0.4 is 5.32 Å². The van der Waals surface area contributed by atoms with E-state index in [1.54, 1.807) is 19.0 Å². The fraction of sp³-hybridized carbons (Fsp3) is 0.905. The number of nitrogens with zero attached hydrogens (tertiary/aromatic N) is 3. The Bertz CT molecular complexity index is 529. The SMILES string of the molecule is CN(C)C(=O)CN=C(NCC1CCCCO1)N1CCC(OCC2CCCO2)CC1.I. The average Bonchev–Trinajstić information content (AvgIpc) is 3.27. The number of rotatable bonds is 7. The molecule has 3 aliphatic heterocycles. The molecule has 3 aliphatic rings. The minimum Gasteiger partial charge on any atom is -0.376 e. The molecule has 0 bridgehead atoms. The van der Waals surface area contributed by atoms with Crippen LogP contribution in [-0.4, -0.2) is 100 Å². The van der Waals surface area contributed by atoms with E-state index in [2.05, 4.69) is 15.2 Å². The third kappa shape index (κ3) is 8.47. The predicted octanol–water partition coefficient (Wildman–Crippen LogP) is 1.87. The van der Waals surface area contributed by atoms with Gasteiger partial charge in [-0.25, -0.2) is 4.99 Å². The number of likely N-dealkylation sites (N-methyl/N-ethyl adjacent to an activating group) is 1. The molecule has 8 nitrogen and oxygen atoms in total. The van der Waals surface area contributed by atoms with Gasteiger partial charge in [-0.3, -0.25) is 4.79 Å². The number of carbonyl (C=O) groups excluding carboxylic acids is 1. The molecule has 0 saturated carbocycles. The number of ether oxygens (including phenoxy) is 3. The Morgan fingerprint density at radius 2 is 1.77 bits per heavy atom. The molecule has 1 amide bonds. The van der Waals surface area contributed by atoms with E-state index in [1.165, 1.54) is 6.42 Å². The van der Waals surface area contributed by atoms with Gasteiger partial charge >= 0.3 is 0 Å². The summed E-state index contributed by atoms with van der Waals surface area (Å²) in [6.07, 6.45) is 8.42. The second-order valence-electron chi connectivity index (χ2n) is 8.45. The van der Waals surface area contributed by atoms with Gasteiger partial charge in [0.25, 0.3) is 0 Å². The van der Waals surface area contributed by atoms with Crippen molar-refractivity contribution in [2.75, 3.05) is 60.1 Å². The summed E-state index contributed by atoms with van der Waals surface area (Å²) in [5, 5.41) is 3.46. The maximum absolute atomic E-state index is 12.0. The highest BCUT2D eigenvalue weighted by atomic mass is 127. The first-order chi connectivity index (χ1) is 14.1. The van der Waals surface area contributed by atoms with Crippen molar-refractivity contribution in [1.82, 2.24) is 15.1 Å². The van der Waals surface area contributed by atoms with Gasteiger partial charge in [-0.2, -0.15) is 0 Å². The summed E-state index contributed by atoms with van der Waals surface area (Å²) in [6, 6.07) is 0. The zero-order chi connectivity index (χ0) is 20.5. The quantitative estimate of drug-likeness (QED) is 0.303. The lowest BCUT2D eigenvalue weighted by Gasteiger charge is -2.35. The molecule has 2 unspecified atom stereocenters. The van der Waals surface area contributed by atoms with Gasteiger partial charge in [-0.15, -0.1) is 24.0 Å². The zero-order valence-electron chi connectivity index (χ0n) is 18.5. The fourth-order valence-electron chi connectivity index (χ4n) is 3.98. The Morgan fingerprint density at radius 3 is 2.40 bits per heavy atom. The van der Waals surface area contributed by atoms with Gasteiger partial charge in [0, 0.05) is 46.9 Å². The van der Waals surface area contributed by atoms with E-state index in [-0.39, 0.29) is 54.7 Å². The number of guanidine groups is 1. The van der Waals surface area contributed by atoms with E-state index in [4.69, 9.17) is 14.2 Å². The van der Waals surface area contributed by atoms with Crippen LogP contribution in [0.3, 0.4) is 0 Å². The van der Waals surface area contributed by atoms with Gasteiger partial charge in [0.05, 0.1) is 24.9 Å². The number of amides is 1. The maximum Gasteiger partial charge on any atom is 0.243 e. The van der Waals surface area contributed by atoms with Crippen LogP contribution in [0.1, 0.15) is 44.9 Å². The first-order valence-electron chi connectivity index (χ1n) is 11.2. The Balaban J connectivity index is 0.00000320. The molecule has 3 rings (SSSR count). The molecular formula is C21H39IN4O4. The van der Waals surface area contributed by atoms with E-state index in [0.717, 1.165) is 77.3 Å². The zero-order valence-corrected chi connectivity index (χ0v) is 20.8. The summed E-state index contributed by atoms with van der Waals surface area (Å²) in [6.45, 7) is 5.08. The normalized spacial score (nSPS) is 25.7. The van der Waals surface area contributed by atoms with Crippen molar-refractivity contribution in [2.24, 2.45) is 4.99 Å². The summed E-state index contributed by atoms with van der Waals surface area (Å²) in [4.78, 5) is 20.5. The van der Waals surface area contributed by atoms with E-state index in [9.17, 15) is 4.79 Å². The molecule has 0 aromatic heterocycles. The second-order valence-corrected chi connectivity index (χ2v) is 8.45. The number of hydrogen-bond donors (Lipinski definition) is 1. The van der Waals surface area contributed by atoms with Crippen molar-refractivity contribution in [3.8, 4) is 0 Å². The van der Waals surface area contributed by atoms with E-state index < -0.39 is 0 Å². The number of piperidine rings is 1. The molecule has 0 radical (unpaired) electrons. The largest absolute Gasteiger partial charge is 0.376 e. The Hall–Kier alpha value is -0.650. The van der Waals surface area contributed by atoms with Crippen LogP contribution >= 0.6 is 24.0 Å². The summed E-state index contributed by atoms with van der Waals surface area (Å²) >= 11 is 0. The van der Waals surface area contributed by atoms with Crippen LogP contribution in [0.2, 0.25) is 0 Å². The molecule has 2 atom stereocenters. The van der Waals surface area contributed by atoms with Crippen molar-refractivity contribution in [1.29, 1.82) is 0 Å². The van der Waals surface area contributed by atoms with Crippen LogP contribution in [0.25, 0.3) is 0 Å². The highest BCUT2D eigenvalue weighted by Gasteiger charge is 2.25. The van der Waals surface area contributed by atoms with Gasteiger partial charge in [0.1, 0.15) is 6.54 Å². The lowest BCUT2D eigenvalue weighted by atomic mass is 10.1.